The van der Waals surface area contributed by atoms with Gasteiger partial charge in [0.1, 0.15) is 0 Å². The van der Waals surface area contributed by atoms with Crippen LogP contribution in [0.2, 0.25) is 0 Å². The highest BCUT2D eigenvalue weighted by Crippen LogP contribution is 2.37. The number of fused-ring (bicyclic) bond motifs is 1. The minimum atomic E-state index is -0.371. The summed E-state index contributed by atoms with van der Waals surface area (Å²) in [6.07, 6.45) is 2.66. The van der Waals surface area contributed by atoms with E-state index < -0.39 is 0 Å². The summed E-state index contributed by atoms with van der Waals surface area (Å²) in [6, 6.07) is 7.20. The molecule has 0 aliphatic heterocycles. The van der Waals surface area contributed by atoms with Gasteiger partial charge in [-0.2, -0.15) is 4.98 Å². The third-order valence-corrected chi connectivity index (χ3v) is 4.74. The van der Waals surface area contributed by atoms with E-state index in [2.05, 4.69) is 25.4 Å². The molecule has 0 aromatic carbocycles. The SMILES string of the molecule is Cc1cc(C)n2nc(C(=O)N[C@@H](c3ccccn3)C3CC(O)C3)nc2n1. The molecule has 134 valence electrons. The zero-order valence-corrected chi connectivity index (χ0v) is 14.6. The molecule has 8 heteroatoms. The minimum absolute atomic E-state index is 0.0759. The number of hydrogen-bond donors (Lipinski definition) is 2. The molecule has 8 nitrogen and oxygen atoms in total. The van der Waals surface area contributed by atoms with E-state index in [-0.39, 0.29) is 29.8 Å². The Balaban J connectivity index is 1.61. The van der Waals surface area contributed by atoms with Gasteiger partial charge in [0.15, 0.2) is 0 Å². The lowest BCUT2D eigenvalue weighted by Gasteiger charge is -2.37. The second-order valence-electron chi connectivity index (χ2n) is 6.78. The zero-order chi connectivity index (χ0) is 18.3. The highest BCUT2D eigenvalue weighted by molar-refractivity contribution is 5.91. The van der Waals surface area contributed by atoms with Crippen molar-refractivity contribution in [3.63, 3.8) is 0 Å². The van der Waals surface area contributed by atoms with Gasteiger partial charge < -0.3 is 10.4 Å². The lowest BCUT2D eigenvalue weighted by atomic mass is 9.76. The van der Waals surface area contributed by atoms with Gasteiger partial charge in [0.2, 0.25) is 5.82 Å². The fraction of sp³-hybridized carbons (Fsp3) is 0.389. The molecule has 3 aromatic heterocycles. The Morgan fingerprint density at radius 1 is 1.31 bits per heavy atom. The van der Waals surface area contributed by atoms with E-state index in [1.807, 2.05) is 38.1 Å². The highest BCUT2D eigenvalue weighted by Gasteiger charge is 2.37. The van der Waals surface area contributed by atoms with Crippen LogP contribution in [0.5, 0.6) is 0 Å². The number of carbonyl (C=O) groups excluding carboxylic acids is 1. The van der Waals surface area contributed by atoms with Crippen LogP contribution in [0.25, 0.3) is 5.78 Å². The smallest absolute Gasteiger partial charge is 0.291 e. The van der Waals surface area contributed by atoms with E-state index in [4.69, 9.17) is 0 Å². The molecule has 0 radical (unpaired) electrons. The van der Waals surface area contributed by atoms with Crippen LogP contribution in [0.15, 0.2) is 30.5 Å². The monoisotopic (exact) mass is 352 g/mol. The van der Waals surface area contributed by atoms with Gasteiger partial charge in [0, 0.05) is 17.6 Å². The second kappa shape index (κ2) is 6.45. The average Bonchev–Trinajstić information content (AvgIpc) is 3.02. The van der Waals surface area contributed by atoms with Gasteiger partial charge in [-0.1, -0.05) is 6.07 Å². The summed E-state index contributed by atoms with van der Waals surface area (Å²) in [5.41, 5.74) is 2.46. The quantitative estimate of drug-likeness (QED) is 0.735. The summed E-state index contributed by atoms with van der Waals surface area (Å²) >= 11 is 0. The summed E-state index contributed by atoms with van der Waals surface area (Å²) in [6.45, 7) is 3.77. The third kappa shape index (κ3) is 3.03. The molecule has 1 fully saturated rings. The number of nitrogens with one attached hydrogen (secondary N) is 1. The van der Waals surface area contributed by atoms with Crippen molar-refractivity contribution in [2.24, 2.45) is 5.92 Å². The minimum Gasteiger partial charge on any atom is -0.393 e. The Kier molecular flexibility index (Phi) is 4.12. The van der Waals surface area contributed by atoms with Crippen molar-refractivity contribution < 1.29 is 9.90 Å². The van der Waals surface area contributed by atoms with Crippen LogP contribution in [0.4, 0.5) is 0 Å². The summed E-state index contributed by atoms with van der Waals surface area (Å²) in [4.78, 5) is 25.7. The summed E-state index contributed by atoms with van der Waals surface area (Å²) in [5.74, 6) is 0.251. The number of pyridine rings is 1. The predicted molar refractivity (Wildman–Crippen MR) is 93.4 cm³/mol. The molecular formula is C18H20N6O2. The molecule has 26 heavy (non-hydrogen) atoms. The first-order valence-corrected chi connectivity index (χ1v) is 8.62. The van der Waals surface area contributed by atoms with Gasteiger partial charge in [-0.05, 0) is 50.8 Å². The number of aromatic nitrogens is 5. The first-order valence-electron chi connectivity index (χ1n) is 8.62. The molecule has 1 saturated carbocycles. The maximum atomic E-state index is 12.8. The lowest BCUT2D eigenvalue weighted by molar-refractivity contribution is 0.0227. The van der Waals surface area contributed by atoms with Crippen molar-refractivity contribution in [2.45, 2.75) is 38.8 Å². The van der Waals surface area contributed by atoms with E-state index in [0.29, 0.717) is 18.6 Å². The normalized spacial score (nSPS) is 20.6. The molecule has 2 N–H and O–H groups in total. The molecule has 0 unspecified atom stereocenters. The van der Waals surface area contributed by atoms with Crippen molar-refractivity contribution in [3.8, 4) is 0 Å². The maximum Gasteiger partial charge on any atom is 0.291 e. The van der Waals surface area contributed by atoms with Crippen LogP contribution in [0, 0.1) is 19.8 Å². The highest BCUT2D eigenvalue weighted by atomic mass is 16.3. The Morgan fingerprint density at radius 3 is 2.81 bits per heavy atom. The zero-order valence-electron chi connectivity index (χ0n) is 14.6. The molecule has 0 saturated heterocycles. The molecule has 4 rings (SSSR count). The Hall–Kier alpha value is -2.87. The standard InChI is InChI=1S/C18H20N6O2/c1-10-7-11(2)24-18(20-10)22-16(23-24)17(26)21-15(12-8-13(25)9-12)14-5-3-4-6-19-14/h3-7,12-13,15,25H,8-9H2,1-2H3,(H,21,26)/t12?,13?,15-/m1/s1. The third-order valence-electron chi connectivity index (χ3n) is 4.74. The molecule has 3 aromatic rings. The first-order chi connectivity index (χ1) is 12.5. The van der Waals surface area contributed by atoms with E-state index >= 15 is 0 Å². The van der Waals surface area contributed by atoms with Gasteiger partial charge in [0.25, 0.3) is 11.7 Å². The van der Waals surface area contributed by atoms with E-state index in [1.54, 1.807) is 10.7 Å². The Labute approximate surface area is 150 Å². The van der Waals surface area contributed by atoms with E-state index in [0.717, 1.165) is 17.1 Å². The maximum absolute atomic E-state index is 12.8. The number of hydrogen-bond acceptors (Lipinski definition) is 6. The molecule has 1 aliphatic rings. The van der Waals surface area contributed by atoms with E-state index in [9.17, 15) is 9.90 Å². The van der Waals surface area contributed by atoms with Crippen LogP contribution in [0.1, 0.15) is 46.6 Å². The van der Waals surface area contributed by atoms with Crippen LogP contribution in [-0.2, 0) is 0 Å². The van der Waals surface area contributed by atoms with Crippen molar-refractivity contribution >= 4 is 11.7 Å². The molecule has 1 aliphatic carbocycles. The lowest BCUT2D eigenvalue weighted by Crippen LogP contribution is -2.42. The number of amides is 1. The number of aliphatic hydroxyl groups is 1. The molecule has 0 spiro atoms. The fourth-order valence-corrected chi connectivity index (χ4v) is 3.36. The fourth-order valence-electron chi connectivity index (χ4n) is 3.36. The predicted octanol–water partition coefficient (Wildman–Crippen LogP) is 1.38. The van der Waals surface area contributed by atoms with Gasteiger partial charge in [0.05, 0.1) is 17.8 Å². The summed E-state index contributed by atoms with van der Waals surface area (Å²) in [5, 5.41) is 16.9. The topological polar surface area (TPSA) is 105 Å². The van der Waals surface area contributed by atoms with Crippen LogP contribution in [0.3, 0.4) is 0 Å². The van der Waals surface area contributed by atoms with Crippen molar-refractivity contribution in [3.05, 3.63) is 53.4 Å². The number of carbonyl (C=O) groups is 1. The van der Waals surface area contributed by atoms with Crippen LogP contribution in [-0.4, -0.2) is 41.7 Å². The molecule has 1 amide bonds. The molecule has 3 heterocycles. The van der Waals surface area contributed by atoms with Crippen molar-refractivity contribution in [2.75, 3.05) is 0 Å². The Morgan fingerprint density at radius 2 is 2.12 bits per heavy atom. The van der Waals surface area contributed by atoms with Crippen LogP contribution < -0.4 is 5.32 Å². The number of aryl methyl sites for hydroxylation is 2. The molecule has 0 bridgehead atoms. The van der Waals surface area contributed by atoms with Crippen LogP contribution >= 0.6 is 0 Å². The van der Waals surface area contributed by atoms with E-state index in [1.165, 1.54) is 0 Å². The first kappa shape index (κ1) is 16.6. The Bertz CT molecular complexity index is 949. The largest absolute Gasteiger partial charge is 0.393 e. The van der Waals surface area contributed by atoms with Crippen molar-refractivity contribution in [1.29, 1.82) is 0 Å². The number of nitrogens with zero attached hydrogens (tertiary/aromatic N) is 5. The molecular weight excluding hydrogens is 332 g/mol. The van der Waals surface area contributed by atoms with Gasteiger partial charge in [-0.15, -0.1) is 5.10 Å². The van der Waals surface area contributed by atoms with Gasteiger partial charge in [-0.25, -0.2) is 9.50 Å². The number of rotatable bonds is 4. The summed E-state index contributed by atoms with van der Waals surface area (Å²) < 4.78 is 1.56. The van der Waals surface area contributed by atoms with Gasteiger partial charge >= 0.3 is 0 Å². The average molecular weight is 352 g/mol. The second-order valence-corrected chi connectivity index (χ2v) is 6.78. The molecule has 1 atom stereocenters. The number of aliphatic hydroxyl groups excluding tert-OH is 1. The summed E-state index contributed by atoms with van der Waals surface area (Å²) in [7, 11) is 0. The van der Waals surface area contributed by atoms with Gasteiger partial charge in [-0.3, -0.25) is 9.78 Å². The van der Waals surface area contributed by atoms with Crippen molar-refractivity contribution in [1.82, 2.24) is 29.9 Å².